The summed E-state index contributed by atoms with van der Waals surface area (Å²) in [6.45, 7) is 3.75. The van der Waals surface area contributed by atoms with Crippen LogP contribution in [0.1, 0.15) is 37.0 Å². The molecular formula is C22H22N2O6. The number of para-hydroxylation sites is 2. The summed E-state index contributed by atoms with van der Waals surface area (Å²) in [4.78, 5) is 49.5. The SMILES string of the molecule is CCOc1ccccc1NC(=O)[C@@H](C)OC(=O)c1ccc(N2C(=O)CCC2=O)cc1. The van der Waals surface area contributed by atoms with Gasteiger partial charge in [-0.15, -0.1) is 0 Å². The molecule has 8 nitrogen and oxygen atoms in total. The lowest BCUT2D eigenvalue weighted by molar-refractivity contribution is -0.124. The highest BCUT2D eigenvalue weighted by Crippen LogP contribution is 2.25. The van der Waals surface area contributed by atoms with Crippen LogP contribution in [0.4, 0.5) is 11.4 Å². The van der Waals surface area contributed by atoms with Crippen LogP contribution < -0.4 is 15.0 Å². The Hall–Kier alpha value is -3.68. The van der Waals surface area contributed by atoms with Gasteiger partial charge in [-0.2, -0.15) is 0 Å². The first-order valence-corrected chi connectivity index (χ1v) is 9.60. The topological polar surface area (TPSA) is 102 Å². The fourth-order valence-electron chi connectivity index (χ4n) is 2.98. The van der Waals surface area contributed by atoms with Crippen molar-refractivity contribution in [1.29, 1.82) is 0 Å². The van der Waals surface area contributed by atoms with Crippen molar-refractivity contribution in [3.8, 4) is 5.75 Å². The van der Waals surface area contributed by atoms with Gasteiger partial charge in [0.15, 0.2) is 6.10 Å². The molecule has 2 aromatic rings. The number of amides is 3. The van der Waals surface area contributed by atoms with Crippen molar-refractivity contribution in [1.82, 2.24) is 0 Å². The Morgan fingerprint density at radius 2 is 1.67 bits per heavy atom. The van der Waals surface area contributed by atoms with Gasteiger partial charge in [0, 0.05) is 12.8 Å². The molecular weight excluding hydrogens is 388 g/mol. The molecule has 0 spiro atoms. The molecule has 1 heterocycles. The van der Waals surface area contributed by atoms with Crippen molar-refractivity contribution >= 4 is 35.1 Å². The Morgan fingerprint density at radius 3 is 2.30 bits per heavy atom. The second-order valence-electron chi connectivity index (χ2n) is 6.64. The highest BCUT2D eigenvalue weighted by atomic mass is 16.5. The summed E-state index contributed by atoms with van der Waals surface area (Å²) in [6, 6.07) is 12.9. The van der Waals surface area contributed by atoms with Crippen LogP contribution in [0.2, 0.25) is 0 Å². The van der Waals surface area contributed by atoms with E-state index in [0.29, 0.717) is 23.7 Å². The Morgan fingerprint density at radius 1 is 1.03 bits per heavy atom. The number of hydrogen-bond acceptors (Lipinski definition) is 6. The maximum absolute atomic E-state index is 12.4. The largest absolute Gasteiger partial charge is 0.492 e. The summed E-state index contributed by atoms with van der Waals surface area (Å²) < 4.78 is 10.7. The maximum atomic E-state index is 12.4. The van der Waals surface area contributed by atoms with E-state index in [1.54, 1.807) is 24.3 Å². The van der Waals surface area contributed by atoms with Crippen molar-refractivity contribution in [3.63, 3.8) is 0 Å². The molecule has 1 atom stereocenters. The molecule has 1 fully saturated rings. The quantitative estimate of drug-likeness (QED) is 0.556. The lowest BCUT2D eigenvalue weighted by Crippen LogP contribution is -2.30. The maximum Gasteiger partial charge on any atom is 0.338 e. The van der Waals surface area contributed by atoms with Gasteiger partial charge >= 0.3 is 5.97 Å². The molecule has 1 saturated heterocycles. The number of carbonyl (C=O) groups is 4. The number of nitrogens with one attached hydrogen (secondary N) is 1. The molecule has 1 aliphatic heterocycles. The van der Waals surface area contributed by atoms with Crippen LogP contribution in [-0.4, -0.2) is 36.4 Å². The van der Waals surface area contributed by atoms with Crippen LogP contribution in [0.15, 0.2) is 48.5 Å². The van der Waals surface area contributed by atoms with E-state index in [2.05, 4.69) is 5.32 Å². The van der Waals surface area contributed by atoms with Crippen molar-refractivity contribution in [3.05, 3.63) is 54.1 Å². The number of carbonyl (C=O) groups excluding carboxylic acids is 4. The van der Waals surface area contributed by atoms with Gasteiger partial charge in [-0.25, -0.2) is 4.79 Å². The Kier molecular flexibility index (Phi) is 6.46. The number of ether oxygens (including phenoxy) is 2. The first kappa shape index (κ1) is 21.0. The van der Waals surface area contributed by atoms with Crippen LogP contribution >= 0.6 is 0 Å². The third kappa shape index (κ3) is 4.65. The third-order valence-corrected chi connectivity index (χ3v) is 4.51. The van der Waals surface area contributed by atoms with Gasteiger partial charge in [-0.05, 0) is 50.2 Å². The van der Waals surface area contributed by atoms with Gasteiger partial charge in [0.05, 0.1) is 23.5 Å². The number of benzene rings is 2. The molecule has 1 N–H and O–H groups in total. The summed E-state index contributed by atoms with van der Waals surface area (Å²) in [7, 11) is 0. The van der Waals surface area contributed by atoms with E-state index >= 15 is 0 Å². The zero-order valence-electron chi connectivity index (χ0n) is 16.7. The molecule has 0 saturated carbocycles. The number of anilines is 2. The fraction of sp³-hybridized carbons (Fsp3) is 0.273. The molecule has 1 aliphatic rings. The van der Waals surface area contributed by atoms with Crippen molar-refractivity contribution < 1.29 is 28.7 Å². The monoisotopic (exact) mass is 410 g/mol. The molecule has 2 aromatic carbocycles. The molecule has 0 aromatic heterocycles. The van der Waals surface area contributed by atoms with E-state index in [9.17, 15) is 19.2 Å². The minimum Gasteiger partial charge on any atom is -0.492 e. The summed E-state index contributed by atoms with van der Waals surface area (Å²) >= 11 is 0. The second-order valence-corrected chi connectivity index (χ2v) is 6.64. The molecule has 3 rings (SSSR count). The van der Waals surface area contributed by atoms with Crippen molar-refractivity contribution in [2.45, 2.75) is 32.8 Å². The molecule has 0 aliphatic carbocycles. The number of imide groups is 1. The van der Waals surface area contributed by atoms with Crippen molar-refractivity contribution in [2.24, 2.45) is 0 Å². The summed E-state index contributed by atoms with van der Waals surface area (Å²) in [5.74, 6) is -1.21. The number of rotatable bonds is 7. The molecule has 0 unspecified atom stereocenters. The molecule has 0 radical (unpaired) electrons. The predicted octanol–water partition coefficient (Wildman–Crippen LogP) is 2.92. The van der Waals surface area contributed by atoms with E-state index in [4.69, 9.17) is 9.47 Å². The molecule has 0 bridgehead atoms. The lowest BCUT2D eigenvalue weighted by Gasteiger charge is -2.16. The van der Waals surface area contributed by atoms with Crippen LogP contribution in [0.5, 0.6) is 5.75 Å². The Labute approximate surface area is 173 Å². The Bertz CT molecular complexity index is 954. The van der Waals surface area contributed by atoms with Gasteiger partial charge < -0.3 is 14.8 Å². The van der Waals surface area contributed by atoms with E-state index in [-0.39, 0.29) is 30.2 Å². The molecule has 8 heteroatoms. The number of hydrogen-bond donors (Lipinski definition) is 1. The van der Waals surface area contributed by atoms with Crippen LogP contribution in [-0.2, 0) is 19.1 Å². The fourth-order valence-corrected chi connectivity index (χ4v) is 2.98. The summed E-state index contributed by atoms with van der Waals surface area (Å²) in [6.07, 6.45) is -0.683. The lowest BCUT2D eigenvalue weighted by atomic mass is 10.2. The van der Waals surface area contributed by atoms with Crippen LogP contribution in [0, 0.1) is 0 Å². The first-order chi connectivity index (χ1) is 14.4. The average molecular weight is 410 g/mol. The van der Waals surface area contributed by atoms with E-state index in [1.165, 1.54) is 31.2 Å². The van der Waals surface area contributed by atoms with Gasteiger partial charge in [0.25, 0.3) is 5.91 Å². The molecule has 3 amide bonds. The minimum atomic E-state index is -1.05. The second kappa shape index (κ2) is 9.21. The van der Waals surface area contributed by atoms with Crippen molar-refractivity contribution in [2.75, 3.05) is 16.8 Å². The average Bonchev–Trinajstić information content (AvgIpc) is 3.07. The summed E-state index contributed by atoms with van der Waals surface area (Å²) in [5, 5.41) is 2.69. The predicted molar refractivity (Wildman–Crippen MR) is 109 cm³/mol. The number of nitrogens with zero attached hydrogens (tertiary/aromatic N) is 1. The Balaban J connectivity index is 1.62. The highest BCUT2D eigenvalue weighted by molar-refractivity contribution is 6.19. The molecule has 30 heavy (non-hydrogen) atoms. The third-order valence-electron chi connectivity index (χ3n) is 4.51. The first-order valence-electron chi connectivity index (χ1n) is 9.60. The van der Waals surface area contributed by atoms with Gasteiger partial charge in [-0.3, -0.25) is 19.3 Å². The van der Waals surface area contributed by atoms with Gasteiger partial charge in [0.2, 0.25) is 11.8 Å². The molecule has 156 valence electrons. The number of esters is 1. The van der Waals surface area contributed by atoms with E-state index in [0.717, 1.165) is 4.90 Å². The normalized spacial score (nSPS) is 14.4. The van der Waals surface area contributed by atoms with Crippen LogP contribution in [0.25, 0.3) is 0 Å². The zero-order valence-corrected chi connectivity index (χ0v) is 16.7. The highest BCUT2D eigenvalue weighted by Gasteiger charge is 2.30. The zero-order chi connectivity index (χ0) is 21.7. The van der Waals surface area contributed by atoms with Gasteiger partial charge in [-0.1, -0.05) is 12.1 Å². The van der Waals surface area contributed by atoms with E-state index in [1.807, 2.05) is 6.92 Å². The van der Waals surface area contributed by atoms with Crippen LogP contribution in [0.3, 0.4) is 0 Å². The van der Waals surface area contributed by atoms with E-state index < -0.39 is 18.0 Å². The summed E-state index contributed by atoms with van der Waals surface area (Å²) in [5.41, 5.74) is 1.08. The minimum absolute atomic E-state index is 0.182. The smallest absolute Gasteiger partial charge is 0.338 e. The van der Waals surface area contributed by atoms with Gasteiger partial charge in [0.1, 0.15) is 5.75 Å². The standard InChI is InChI=1S/C22H22N2O6/c1-3-29-18-7-5-4-6-17(18)23-21(27)14(2)30-22(28)15-8-10-16(11-9-15)24-19(25)12-13-20(24)26/h4-11,14H,3,12-13H2,1-2H3,(H,23,27)/t14-/m1/s1.